The van der Waals surface area contributed by atoms with Crippen LogP contribution in [-0.4, -0.2) is 22.8 Å². The molecule has 5 nitrogen and oxygen atoms in total. The number of imidazole rings is 1. The topological polar surface area (TPSA) is 53.4 Å². The van der Waals surface area contributed by atoms with Crippen LogP contribution in [0, 0.1) is 0 Å². The van der Waals surface area contributed by atoms with E-state index in [0.717, 1.165) is 11.3 Å². The molecule has 0 atom stereocenters. The Morgan fingerprint density at radius 2 is 2.35 bits per heavy atom. The highest BCUT2D eigenvalue weighted by Crippen LogP contribution is 2.13. The van der Waals surface area contributed by atoms with Crippen LogP contribution in [0.15, 0.2) is 43.0 Å². The largest absolute Gasteiger partial charge is 0.497 e. The molecular formula is C12H12N2O3. The number of ether oxygens (including phenoxy) is 2. The second kappa shape index (κ2) is 5.16. The fraction of sp³-hybridized carbons (Fsp3) is 0.167. The maximum Gasteiger partial charge on any atom is 0.419 e. The maximum absolute atomic E-state index is 11.5. The molecule has 0 unspecified atom stereocenters. The molecule has 0 aliphatic heterocycles. The van der Waals surface area contributed by atoms with Crippen molar-refractivity contribution in [3.05, 3.63) is 48.5 Å². The summed E-state index contributed by atoms with van der Waals surface area (Å²) in [4.78, 5) is 15.3. The Labute approximate surface area is 98.6 Å². The molecule has 0 bridgehead atoms. The van der Waals surface area contributed by atoms with Crippen LogP contribution >= 0.6 is 0 Å². The van der Waals surface area contributed by atoms with Gasteiger partial charge in [0.25, 0.3) is 0 Å². The molecule has 17 heavy (non-hydrogen) atoms. The Morgan fingerprint density at radius 3 is 3.06 bits per heavy atom. The third-order valence-electron chi connectivity index (χ3n) is 2.21. The lowest BCUT2D eigenvalue weighted by molar-refractivity contribution is 0.141. The van der Waals surface area contributed by atoms with E-state index in [1.165, 1.54) is 23.3 Å². The summed E-state index contributed by atoms with van der Waals surface area (Å²) < 4.78 is 11.5. The lowest BCUT2D eigenvalue weighted by Crippen LogP contribution is -2.11. The molecule has 0 fully saturated rings. The summed E-state index contributed by atoms with van der Waals surface area (Å²) in [6.45, 7) is 0.203. The molecule has 1 aromatic carbocycles. The molecule has 2 aromatic rings. The third kappa shape index (κ3) is 2.84. The molecule has 0 saturated heterocycles. The first-order valence-corrected chi connectivity index (χ1v) is 5.07. The quantitative estimate of drug-likeness (QED) is 0.813. The van der Waals surface area contributed by atoms with Gasteiger partial charge in [-0.2, -0.15) is 0 Å². The second-order valence-corrected chi connectivity index (χ2v) is 3.38. The number of aromatic nitrogens is 2. The third-order valence-corrected chi connectivity index (χ3v) is 2.21. The standard InChI is InChI=1S/C12H12N2O3/c1-16-11-4-2-3-10(7-11)8-17-12(15)14-6-5-13-9-14/h2-7,9H,8H2,1H3. The number of carbonyl (C=O) groups is 1. The van der Waals surface area contributed by atoms with Crippen molar-refractivity contribution in [1.82, 2.24) is 9.55 Å². The molecule has 2 rings (SSSR count). The smallest absolute Gasteiger partial charge is 0.419 e. The van der Waals surface area contributed by atoms with Gasteiger partial charge in [-0.25, -0.2) is 14.3 Å². The monoisotopic (exact) mass is 232 g/mol. The Hall–Kier alpha value is -2.30. The fourth-order valence-corrected chi connectivity index (χ4v) is 1.35. The first-order chi connectivity index (χ1) is 8.29. The molecule has 0 saturated carbocycles. The van der Waals surface area contributed by atoms with Gasteiger partial charge in [0.05, 0.1) is 7.11 Å². The average Bonchev–Trinajstić information content (AvgIpc) is 2.90. The van der Waals surface area contributed by atoms with Gasteiger partial charge in [-0.15, -0.1) is 0 Å². The number of hydrogen-bond acceptors (Lipinski definition) is 4. The van der Waals surface area contributed by atoms with Crippen molar-refractivity contribution in [3.8, 4) is 5.75 Å². The zero-order valence-corrected chi connectivity index (χ0v) is 9.37. The second-order valence-electron chi connectivity index (χ2n) is 3.38. The van der Waals surface area contributed by atoms with Gasteiger partial charge in [0.2, 0.25) is 0 Å². The van der Waals surface area contributed by atoms with Crippen molar-refractivity contribution < 1.29 is 14.3 Å². The van der Waals surface area contributed by atoms with Crippen molar-refractivity contribution in [1.29, 1.82) is 0 Å². The molecule has 0 radical (unpaired) electrons. The van der Waals surface area contributed by atoms with Crippen LogP contribution in [0.1, 0.15) is 5.56 Å². The molecule has 0 aliphatic carbocycles. The summed E-state index contributed by atoms with van der Waals surface area (Å²) in [6, 6.07) is 7.37. The zero-order valence-electron chi connectivity index (χ0n) is 9.37. The molecule has 0 amide bonds. The van der Waals surface area contributed by atoms with Gasteiger partial charge in [-0.05, 0) is 17.7 Å². The van der Waals surface area contributed by atoms with Crippen LogP contribution in [0.2, 0.25) is 0 Å². The van der Waals surface area contributed by atoms with Crippen molar-refractivity contribution in [2.24, 2.45) is 0 Å². The van der Waals surface area contributed by atoms with Crippen molar-refractivity contribution in [2.45, 2.75) is 6.61 Å². The van der Waals surface area contributed by atoms with E-state index in [4.69, 9.17) is 9.47 Å². The number of methoxy groups -OCH3 is 1. The van der Waals surface area contributed by atoms with Crippen LogP contribution in [0.25, 0.3) is 0 Å². The Morgan fingerprint density at radius 1 is 1.47 bits per heavy atom. The lowest BCUT2D eigenvalue weighted by Gasteiger charge is -2.06. The van der Waals surface area contributed by atoms with Crippen LogP contribution in [-0.2, 0) is 11.3 Å². The van der Waals surface area contributed by atoms with Crippen LogP contribution in [0.4, 0.5) is 4.79 Å². The van der Waals surface area contributed by atoms with Crippen LogP contribution < -0.4 is 4.74 Å². The van der Waals surface area contributed by atoms with Gasteiger partial charge in [0.1, 0.15) is 18.7 Å². The summed E-state index contributed by atoms with van der Waals surface area (Å²) in [5.41, 5.74) is 0.873. The number of benzene rings is 1. The summed E-state index contributed by atoms with van der Waals surface area (Å²) in [6.07, 6.45) is 4.00. The first-order valence-electron chi connectivity index (χ1n) is 5.07. The van der Waals surface area contributed by atoms with Gasteiger partial charge < -0.3 is 9.47 Å². The Kier molecular flexibility index (Phi) is 3.40. The molecule has 0 aliphatic rings. The molecule has 88 valence electrons. The summed E-state index contributed by atoms with van der Waals surface area (Å²) in [5.74, 6) is 0.737. The van der Waals surface area contributed by atoms with Gasteiger partial charge in [-0.3, -0.25) is 0 Å². The van der Waals surface area contributed by atoms with E-state index in [9.17, 15) is 4.79 Å². The zero-order chi connectivity index (χ0) is 12.1. The number of rotatable bonds is 3. The fourth-order valence-electron chi connectivity index (χ4n) is 1.35. The highest BCUT2D eigenvalue weighted by Gasteiger charge is 2.05. The average molecular weight is 232 g/mol. The minimum Gasteiger partial charge on any atom is -0.497 e. The van der Waals surface area contributed by atoms with Crippen molar-refractivity contribution >= 4 is 6.09 Å². The van der Waals surface area contributed by atoms with Crippen LogP contribution in [0.3, 0.4) is 0 Å². The van der Waals surface area contributed by atoms with E-state index >= 15 is 0 Å². The van der Waals surface area contributed by atoms with E-state index in [1.54, 1.807) is 7.11 Å². The number of carbonyl (C=O) groups excluding carboxylic acids is 1. The molecule has 0 spiro atoms. The van der Waals surface area contributed by atoms with Gasteiger partial charge in [-0.1, -0.05) is 12.1 Å². The predicted octanol–water partition coefficient (Wildman–Crippen LogP) is 2.08. The minimum absolute atomic E-state index is 0.203. The van der Waals surface area contributed by atoms with E-state index < -0.39 is 6.09 Å². The summed E-state index contributed by atoms with van der Waals surface area (Å²) in [5, 5.41) is 0. The molecule has 1 heterocycles. The van der Waals surface area contributed by atoms with E-state index in [0.29, 0.717) is 0 Å². The Bertz CT molecular complexity index is 494. The molecule has 0 N–H and O–H groups in total. The van der Waals surface area contributed by atoms with Gasteiger partial charge in [0.15, 0.2) is 0 Å². The summed E-state index contributed by atoms with van der Waals surface area (Å²) >= 11 is 0. The molecule has 5 heteroatoms. The van der Waals surface area contributed by atoms with E-state index in [2.05, 4.69) is 4.98 Å². The SMILES string of the molecule is COc1cccc(COC(=O)n2ccnc2)c1. The van der Waals surface area contributed by atoms with Gasteiger partial charge >= 0.3 is 6.09 Å². The van der Waals surface area contributed by atoms with E-state index in [-0.39, 0.29) is 6.61 Å². The molecule has 1 aromatic heterocycles. The molecular weight excluding hydrogens is 220 g/mol. The van der Waals surface area contributed by atoms with E-state index in [1.807, 2.05) is 24.3 Å². The van der Waals surface area contributed by atoms with Crippen LogP contribution in [0.5, 0.6) is 5.75 Å². The number of nitrogens with zero attached hydrogens (tertiary/aromatic N) is 2. The first kappa shape index (κ1) is 11.2. The highest BCUT2D eigenvalue weighted by atomic mass is 16.5. The van der Waals surface area contributed by atoms with Crippen molar-refractivity contribution in [2.75, 3.05) is 7.11 Å². The minimum atomic E-state index is -0.453. The highest BCUT2D eigenvalue weighted by molar-refractivity contribution is 5.69. The normalized spacial score (nSPS) is 9.94. The van der Waals surface area contributed by atoms with Gasteiger partial charge in [0, 0.05) is 12.4 Å². The summed E-state index contributed by atoms with van der Waals surface area (Å²) in [7, 11) is 1.59. The Balaban J connectivity index is 1.95. The lowest BCUT2D eigenvalue weighted by atomic mass is 10.2. The van der Waals surface area contributed by atoms with Crippen molar-refractivity contribution in [3.63, 3.8) is 0 Å². The predicted molar refractivity (Wildman–Crippen MR) is 60.8 cm³/mol. The number of hydrogen-bond donors (Lipinski definition) is 0. The maximum atomic E-state index is 11.5.